The lowest BCUT2D eigenvalue weighted by atomic mass is 10.1. The van der Waals surface area contributed by atoms with E-state index in [0.29, 0.717) is 38.5 Å². The van der Waals surface area contributed by atoms with Crippen molar-refractivity contribution in [3.63, 3.8) is 0 Å². The summed E-state index contributed by atoms with van der Waals surface area (Å²) >= 11 is 12.0. The van der Waals surface area contributed by atoms with Gasteiger partial charge in [-0.25, -0.2) is 10.8 Å². The van der Waals surface area contributed by atoms with Gasteiger partial charge in [-0.05, 0) is 36.4 Å². The summed E-state index contributed by atoms with van der Waals surface area (Å²) in [7, 11) is 0. The smallest absolute Gasteiger partial charge is 0.238 e. The summed E-state index contributed by atoms with van der Waals surface area (Å²) in [5.41, 5.74) is 4.57. The Hall–Kier alpha value is -3.33. The van der Waals surface area contributed by atoms with Gasteiger partial charge in [-0.1, -0.05) is 40.5 Å². The molecule has 10 heteroatoms. The van der Waals surface area contributed by atoms with Crippen LogP contribution in [0.4, 0.5) is 0 Å². The average Bonchev–Trinajstić information content (AvgIpc) is 3.15. The highest BCUT2D eigenvalue weighted by atomic mass is 35.5. The number of hydrazone groups is 1. The minimum absolute atomic E-state index is 0.246. The molecule has 0 unspecified atom stereocenters. The molecule has 8 nitrogen and oxygen atoms in total. The number of hydrogen-bond acceptors (Lipinski definition) is 7. The summed E-state index contributed by atoms with van der Waals surface area (Å²) in [5.74, 6) is 12.5. The Morgan fingerprint density at radius 3 is 2.76 bits per heavy atom. The molecule has 146 valence electrons. The van der Waals surface area contributed by atoms with Crippen LogP contribution in [0.25, 0.3) is 22.2 Å². The maximum atomic E-state index is 6.13. The second-order valence-corrected chi connectivity index (χ2v) is 6.78. The first-order valence-electron chi connectivity index (χ1n) is 8.32. The van der Waals surface area contributed by atoms with Crippen LogP contribution in [0.2, 0.25) is 10.0 Å². The van der Waals surface area contributed by atoms with Gasteiger partial charge in [0, 0.05) is 17.3 Å². The van der Waals surface area contributed by atoms with E-state index in [0.717, 1.165) is 10.9 Å². The van der Waals surface area contributed by atoms with Gasteiger partial charge < -0.3 is 20.5 Å². The van der Waals surface area contributed by atoms with Crippen LogP contribution < -0.4 is 21.8 Å². The molecule has 0 saturated heterocycles. The van der Waals surface area contributed by atoms with E-state index >= 15 is 0 Å². The lowest BCUT2D eigenvalue weighted by molar-refractivity contribution is 0.439. The summed E-state index contributed by atoms with van der Waals surface area (Å²) in [6.45, 7) is 0. The Bertz CT molecular complexity index is 1220. The highest BCUT2D eigenvalue weighted by Gasteiger charge is 2.14. The van der Waals surface area contributed by atoms with E-state index in [4.69, 9.17) is 44.1 Å². The van der Waals surface area contributed by atoms with Crippen molar-refractivity contribution < 1.29 is 9.26 Å². The molecular formula is C19H14Cl2N6O2. The van der Waals surface area contributed by atoms with E-state index in [1.807, 2.05) is 18.2 Å². The molecule has 0 aliphatic carbocycles. The topological polar surface area (TPSA) is 125 Å². The standard InChI is InChI=1S/C19H14Cl2N6O2/c20-12-8-15(21)19(24-9-12)28-13-3-1-2-10(6-13)17-14-7-11(18(25-22)26-23)4-5-16(14)27-29-17/h1-9H,22-23H2,(H,25,26). The molecule has 2 aromatic carbocycles. The van der Waals surface area contributed by atoms with Gasteiger partial charge >= 0.3 is 0 Å². The SMILES string of the molecule is N/N=C(\NN)c1ccc2noc(-c3cccc(Oc4ncc(Cl)cc4Cl)c3)c2c1. The van der Waals surface area contributed by atoms with Crippen molar-refractivity contribution in [1.82, 2.24) is 15.6 Å². The number of pyridine rings is 1. The number of nitrogens with one attached hydrogen (secondary N) is 1. The molecule has 2 aromatic heterocycles. The number of ether oxygens (including phenoxy) is 1. The number of nitrogens with two attached hydrogens (primary N) is 2. The number of hydrogen-bond donors (Lipinski definition) is 3. The number of benzene rings is 2. The van der Waals surface area contributed by atoms with Crippen LogP contribution in [0.3, 0.4) is 0 Å². The maximum Gasteiger partial charge on any atom is 0.238 e. The fourth-order valence-electron chi connectivity index (χ4n) is 2.78. The van der Waals surface area contributed by atoms with Crippen LogP contribution in [0.5, 0.6) is 11.6 Å². The lowest BCUT2D eigenvalue weighted by Gasteiger charge is -2.08. The number of hydrazine groups is 1. The number of halogens is 2. The summed E-state index contributed by atoms with van der Waals surface area (Å²) in [5, 5.41) is 9.22. The highest BCUT2D eigenvalue weighted by Crippen LogP contribution is 2.34. The normalized spacial score (nSPS) is 11.6. The zero-order chi connectivity index (χ0) is 20.4. The molecule has 0 atom stereocenters. The summed E-state index contributed by atoms with van der Waals surface area (Å²) < 4.78 is 11.3. The molecular weight excluding hydrogens is 415 g/mol. The Kier molecular flexibility index (Phi) is 5.22. The Morgan fingerprint density at radius 1 is 1.14 bits per heavy atom. The first-order chi connectivity index (χ1) is 14.1. The number of rotatable bonds is 4. The molecule has 29 heavy (non-hydrogen) atoms. The van der Waals surface area contributed by atoms with E-state index in [9.17, 15) is 0 Å². The summed E-state index contributed by atoms with van der Waals surface area (Å²) in [4.78, 5) is 4.10. The predicted octanol–water partition coefficient (Wildman–Crippen LogP) is 4.07. The van der Waals surface area contributed by atoms with Gasteiger partial charge in [0.2, 0.25) is 5.88 Å². The molecule has 0 radical (unpaired) electrons. The van der Waals surface area contributed by atoms with Crippen molar-refractivity contribution in [1.29, 1.82) is 0 Å². The van der Waals surface area contributed by atoms with E-state index in [2.05, 4.69) is 20.7 Å². The van der Waals surface area contributed by atoms with Crippen molar-refractivity contribution in [2.45, 2.75) is 0 Å². The minimum atomic E-state index is 0.246. The van der Waals surface area contributed by atoms with E-state index in [1.54, 1.807) is 30.3 Å². The first-order valence-corrected chi connectivity index (χ1v) is 9.08. The van der Waals surface area contributed by atoms with Gasteiger partial charge in [0.25, 0.3) is 0 Å². The molecule has 5 N–H and O–H groups in total. The molecule has 0 aliphatic rings. The van der Waals surface area contributed by atoms with Crippen molar-refractivity contribution >= 4 is 39.9 Å². The van der Waals surface area contributed by atoms with Crippen LogP contribution in [0.1, 0.15) is 5.56 Å². The fraction of sp³-hybridized carbons (Fsp3) is 0. The maximum absolute atomic E-state index is 6.13. The Balaban J connectivity index is 1.72. The van der Waals surface area contributed by atoms with Gasteiger partial charge in [0.1, 0.15) is 16.3 Å². The molecule has 4 aromatic rings. The van der Waals surface area contributed by atoms with Gasteiger partial charge in [-0.2, -0.15) is 5.10 Å². The molecule has 0 bridgehead atoms. The Labute approximate surface area is 175 Å². The molecule has 0 amide bonds. The van der Waals surface area contributed by atoms with E-state index in [-0.39, 0.29) is 5.88 Å². The first kappa shape index (κ1) is 19.0. The van der Waals surface area contributed by atoms with Crippen molar-refractivity contribution in [2.24, 2.45) is 16.8 Å². The minimum Gasteiger partial charge on any atom is -0.438 e. The molecule has 0 spiro atoms. The summed E-state index contributed by atoms with van der Waals surface area (Å²) in [6, 6.07) is 14.2. The monoisotopic (exact) mass is 428 g/mol. The van der Waals surface area contributed by atoms with Crippen LogP contribution in [0.15, 0.2) is 64.4 Å². The number of nitrogens with zero attached hydrogens (tertiary/aromatic N) is 3. The van der Waals surface area contributed by atoms with E-state index in [1.165, 1.54) is 6.20 Å². The molecule has 4 rings (SSSR count). The number of fused-ring (bicyclic) bond motifs is 1. The van der Waals surface area contributed by atoms with Crippen LogP contribution in [0, 0.1) is 0 Å². The second-order valence-electron chi connectivity index (χ2n) is 5.94. The molecule has 0 fully saturated rings. The zero-order valence-corrected chi connectivity index (χ0v) is 16.3. The van der Waals surface area contributed by atoms with Gasteiger partial charge in [0.05, 0.1) is 10.4 Å². The van der Waals surface area contributed by atoms with Gasteiger partial charge in [-0.15, -0.1) is 0 Å². The highest BCUT2D eigenvalue weighted by molar-refractivity contribution is 6.35. The quantitative estimate of drug-likeness (QED) is 0.193. The lowest BCUT2D eigenvalue weighted by Crippen LogP contribution is -2.31. The fourth-order valence-corrected chi connectivity index (χ4v) is 3.20. The van der Waals surface area contributed by atoms with Crippen LogP contribution >= 0.6 is 23.2 Å². The number of aromatic nitrogens is 2. The number of amidine groups is 1. The zero-order valence-electron chi connectivity index (χ0n) is 14.8. The van der Waals surface area contributed by atoms with Crippen LogP contribution in [-0.4, -0.2) is 16.0 Å². The third-order valence-corrected chi connectivity index (χ3v) is 4.58. The summed E-state index contributed by atoms with van der Waals surface area (Å²) in [6.07, 6.45) is 1.46. The molecule has 0 aliphatic heterocycles. The third kappa shape index (κ3) is 3.81. The van der Waals surface area contributed by atoms with Crippen molar-refractivity contribution in [3.8, 4) is 23.0 Å². The van der Waals surface area contributed by atoms with Crippen molar-refractivity contribution in [3.05, 3.63) is 70.3 Å². The van der Waals surface area contributed by atoms with Crippen LogP contribution in [-0.2, 0) is 0 Å². The molecule has 0 saturated carbocycles. The largest absolute Gasteiger partial charge is 0.438 e. The third-order valence-electron chi connectivity index (χ3n) is 4.10. The Morgan fingerprint density at radius 2 is 2.00 bits per heavy atom. The second kappa shape index (κ2) is 7.96. The van der Waals surface area contributed by atoms with Gasteiger partial charge in [-0.3, -0.25) is 0 Å². The predicted molar refractivity (Wildman–Crippen MR) is 112 cm³/mol. The van der Waals surface area contributed by atoms with E-state index < -0.39 is 0 Å². The molecule has 2 heterocycles. The average molecular weight is 429 g/mol. The van der Waals surface area contributed by atoms with Crippen molar-refractivity contribution in [2.75, 3.05) is 0 Å². The van der Waals surface area contributed by atoms with Gasteiger partial charge in [0.15, 0.2) is 11.6 Å².